The number of rotatable bonds is 5. The number of nitro groups is 1. The molecule has 0 saturated carbocycles. The number of carbonyl (C=O) groups excluding carboxylic acids is 1. The molecule has 0 aliphatic heterocycles. The number of methoxy groups -OCH3 is 1. The molecule has 0 bridgehead atoms. The first kappa shape index (κ1) is 15.2. The maximum absolute atomic E-state index is 12.0. The Morgan fingerprint density at radius 3 is 2.77 bits per heavy atom. The van der Waals surface area contributed by atoms with Gasteiger partial charge in [-0.05, 0) is 12.1 Å². The number of benzene rings is 2. The minimum absolute atomic E-state index is 0.0417. The summed E-state index contributed by atoms with van der Waals surface area (Å²) in [6, 6.07) is 12.7. The topological polar surface area (TPSA) is 93.8 Å². The van der Waals surface area contributed by atoms with Crippen molar-refractivity contribution in [3.05, 3.63) is 69.8 Å². The summed E-state index contributed by atoms with van der Waals surface area (Å²) in [6.45, 7) is 0. The van der Waals surface area contributed by atoms with Gasteiger partial charge in [-0.1, -0.05) is 24.3 Å². The minimum Gasteiger partial charge on any atom is -0.496 e. The number of hydrogen-bond acceptors (Lipinski definition) is 5. The fourth-order valence-electron chi connectivity index (χ4n) is 1.78. The van der Waals surface area contributed by atoms with Crippen LogP contribution >= 0.6 is 0 Å². The summed E-state index contributed by atoms with van der Waals surface area (Å²) in [5, 5.41) is 14.5. The van der Waals surface area contributed by atoms with Gasteiger partial charge in [0.05, 0.1) is 23.8 Å². The fourth-order valence-corrected chi connectivity index (χ4v) is 1.78. The lowest BCUT2D eigenvalue weighted by atomic mass is 10.2. The molecule has 2 aromatic carbocycles. The van der Waals surface area contributed by atoms with Crippen molar-refractivity contribution in [2.75, 3.05) is 7.11 Å². The lowest BCUT2D eigenvalue weighted by Crippen LogP contribution is -2.18. The second kappa shape index (κ2) is 6.98. The predicted molar refractivity (Wildman–Crippen MR) is 81.2 cm³/mol. The normalized spacial score (nSPS) is 10.4. The van der Waals surface area contributed by atoms with Gasteiger partial charge < -0.3 is 4.74 Å². The van der Waals surface area contributed by atoms with Gasteiger partial charge >= 0.3 is 0 Å². The van der Waals surface area contributed by atoms with E-state index in [4.69, 9.17) is 4.74 Å². The third-order valence-electron chi connectivity index (χ3n) is 2.81. The molecule has 1 N–H and O–H groups in total. The number of hydrogen-bond donors (Lipinski definition) is 1. The van der Waals surface area contributed by atoms with Crippen LogP contribution in [0.25, 0.3) is 0 Å². The maximum atomic E-state index is 12.0. The number of nitrogens with one attached hydrogen (secondary N) is 1. The number of ether oxygens (including phenoxy) is 1. The van der Waals surface area contributed by atoms with E-state index < -0.39 is 10.8 Å². The van der Waals surface area contributed by atoms with Gasteiger partial charge in [0.25, 0.3) is 11.6 Å². The van der Waals surface area contributed by atoms with Crippen molar-refractivity contribution < 1.29 is 14.5 Å². The van der Waals surface area contributed by atoms with E-state index >= 15 is 0 Å². The maximum Gasteiger partial charge on any atom is 0.275 e. The first-order valence-corrected chi connectivity index (χ1v) is 6.32. The molecular weight excluding hydrogens is 286 g/mol. The first-order chi connectivity index (χ1) is 10.6. The summed E-state index contributed by atoms with van der Waals surface area (Å²) in [7, 11) is 1.47. The van der Waals surface area contributed by atoms with Gasteiger partial charge in [-0.25, -0.2) is 5.43 Å². The van der Waals surface area contributed by atoms with Crippen LogP contribution in [0.1, 0.15) is 15.9 Å². The lowest BCUT2D eigenvalue weighted by molar-refractivity contribution is -0.384. The smallest absolute Gasteiger partial charge is 0.275 e. The van der Waals surface area contributed by atoms with Crippen LogP contribution in [0.4, 0.5) is 5.69 Å². The number of hydrazone groups is 1. The SMILES string of the molecule is COc1ccccc1C(=O)N/N=C\c1cccc([N+](=O)[O-])c1. The van der Waals surface area contributed by atoms with Gasteiger partial charge in [0.1, 0.15) is 5.75 Å². The molecule has 0 fully saturated rings. The van der Waals surface area contributed by atoms with Gasteiger partial charge in [-0.15, -0.1) is 0 Å². The van der Waals surface area contributed by atoms with Crippen molar-refractivity contribution >= 4 is 17.8 Å². The van der Waals surface area contributed by atoms with Gasteiger partial charge in [0.2, 0.25) is 0 Å². The van der Waals surface area contributed by atoms with Crippen LogP contribution in [-0.4, -0.2) is 24.2 Å². The van der Waals surface area contributed by atoms with Gasteiger partial charge in [-0.2, -0.15) is 5.10 Å². The molecule has 0 atom stereocenters. The molecular formula is C15H13N3O4. The predicted octanol–water partition coefficient (Wildman–Crippen LogP) is 2.37. The molecule has 0 saturated heterocycles. The Balaban J connectivity index is 2.07. The highest BCUT2D eigenvalue weighted by atomic mass is 16.6. The van der Waals surface area contributed by atoms with E-state index in [2.05, 4.69) is 10.5 Å². The minimum atomic E-state index is -0.495. The summed E-state index contributed by atoms with van der Waals surface area (Å²) in [4.78, 5) is 22.1. The summed E-state index contributed by atoms with van der Waals surface area (Å²) >= 11 is 0. The van der Waals surface area contributed by atoms with E-state index in [9.17, 15) is 14.9 Å². The molecule has 0 aliphatic rings. The molecule has 22 heavy (non-hydrogen) atoms. The standard InChI is InChI=1S/C15H13N3O4/c1-22-14-8-3-2-7-13(14)15(19)17-16-10-11-5-4-6-12(9-11)18(20)21/h2-10H,1H3,(H,17,19)/b16-10-. The Morgan fingerprint density at radius 1 is 1.27 bits per heavy atom. The van der Waals surface area contributed by atoms with E-state index in [0.717, 1.165) is 0 Å². The summed E-state index contributed by atoms with van der Waals surface area (Å²) in [6.07, 6.45) is 1.33. The number of para-hydroxylation sites is 1. The second-order valence-electron chi connectivity index (χ2n) is 4.25. The molecule has 7 heteroatoms. The van der Waals surface area contributed by atoms with Crippen LogP contribution in [-0.2, 0) is 0 Å². The average molecular weight is 299 g/mol. The second-order valence-corrected chi connectivity index (χ2v) is 4.25. The largest absolute Gasteiger partial charge is 0.496 e. The average Bonchev–Trinajstić information content (AvgIpc) is 2.55. The van der Waals surface area contributed by atoms with Crippen molar-refractivity contribution in [2.45, 2.75) is 0 Å². The van der Waals surface area contributed by atoms with Gasteiger partial charge in [0.15, 0.2) is 0 Å². The Kier molecular flexibility index (Phi) is 4.81. The first-order valence-electron chi connectivity index (χ1n) is 6.32. The highest BCUT2D eigenvalue weighted by molar-refractivity contribution is 5.97. The van der Waals surface area contributed by atoms with E-state index in [-0.39, 0.29) is 5.69 Å². The lowest BCUT2D eigenvalue weighted by Gasteiger charge is -2.05. The van der Waals surface area contributed by atoms with Crippen molar-refractivity contribution in [2.24, 2.45) is 5.10 Å². The molecule has 112 valence electrons. The van der Waals surface area contributed by atoms with Gasteiger partial charge in [-0.3, -0.25) is 14.9 Å². The monoisotopic (exact) mass is 299 g/mol. The molecule has 0 radical (unpaired) electrons. The molecule has 7 nitrogen and oxygen atoms in total. The number of non-ortho nitro benzene ring substituents is 1. The Labute approximate surface area is 126 Å². The highest BCUT2D eigenvalue weighted by Gasteiger charge is 2.10. The fraction of sp³-hybridized carbons (Fsp3) is 0.0667. The van der Waals surface area contributed by atoms with Crippen LogP contribution < -0.4 is 10.2 Å². The van der Waals surface area contributed by atoms with Crippen LogP contribution in [0, 0.1) is 10.1 Å². The Morgan fingerprint density at radius 2 is 2.05 bits per heavy atom. The molecule has 0 spiro atoms. The summed E-state index contributed by atoms with van der Waals surface area (Å²) in [5.41, 5.74) is 3.17. The van der Waals surface area contributed by atoms with Gasteiger partial charge in [0, 0.05) is 17.7 Å². The molecule has 0 heterocycles. The zero-order chi connectivity index (χ0) is 15.9. The van der Waals surface area contributed by atoms with Crippen LogP contribution in [0.3, 0.4) is 0 Å². The van der Waals surface area contributed by atoms with E-state index in [1.807, 2.05) is 0 Å². The number of carbonyl (C=O) groups is 1. The van der Waals surface area contributed by atoms with Crippen molar-refractivity contribution in [3.8, 4) is 5.75 Å². The van der Waals surface area contributed by atoms with Crippen molar-refractivity contribution in [1.82, 2.24) is 5.43 Å². The number of nitrogens with zero attached hydrogens (tertiary/aromatic N) is 2. The van der Waals surface area contributed by atoms with Crippen molar-refractivity contribution in [1.29, 1.82) is 0 Å². The van der Waals surface area contributed by atoms with E-state index in [1.165, 1.54) is 25.5 Å². The number of amides is 1. The van der Waals surface area contributed by atoms with Crippen LogP contribution in [0.5, 0.6) is 5.75 Å². The molecule has 0 aliphatic carbocycles. The Bertz CT molecular complexity index is 728. The molecule has 2 aromatic rings. The van der Waals surface area contributed by atoms with Crippen LogP contribution in [0.2, 0.25) is 0 Å². The third-order valence-corrected chi connectivity index (χ3v) is 2.81. The molecule has 1 amide bonds. The molecule has 0 unspecified atom stereocenters. The Hall–Kier alpha value is -3.22. The highest BCUT2D eigenvalue weighted by Crippen LogP contribution is 2.16. The molecule has 2 rings (SSSR count). The zero-order valence-electron chi connectivity index (χ0n) is 11.7. The summed E-state index contributed by atoms with van der Waals surface area (Å²) in [5.74, 6) is 0.00433. The zero-order valence-corrected chi connectivity index (χ0v) is 11.7. The van der Waals surface area contributed by atoms with E-state index in [1.54, 1.807) is 36.4 Å². The quantitative estimate of drug-likeness (QED) is 0.521. The van der Waals surface area contributed by atoms with Crippen molar-refractivity contribution in [3.63, 3.8) is 0 Å². The summed E-state index contributed by atoms with van der Waals surface area (Å²) < 4.78 is 5.09. The van der Waals surface area contributed by atoms with Crippen LogP contribution in [0.15, 0.2) is 53.6 Å². The molecule has 0 aromatic heterocycles. The number of nitro benzene ring substituents is 1. The third kappa shape index (κ3) is 3.66. The van der Waals surface area contributed by atoms with E-state index in [0.29, 0.717) is 16.9 Å².